The first-order chi connectivity index (χ1) is 7.36. The quantitative estimate of drug-likeness (QED) is 0.707. The summed E-state index contributed by atoms with van der Waals surface area (Å²) in [5.74, 6) is 0.833. The molecule has 0 atom stereocenters. The smallest absolute Gasteiger partial charge is 0.00791 e. The first-order valence-electron chi connectivity index (χ1n) is 6.83. The molecule has 2 N–H and O–H groups in total. The molecule has 0 aliphatic rings. The summed E-state index contributed by atoms with van der Waals surface area (Å²) in [6, 6.07) is 1.21. The van der Waals surface area contributed by atoms with Crippen LogP contribution in [0.4, 0.5) is 0 Å². The minimum Gasteiger partial charge on any atom is -0.313 e. The first kappa shape index (κ1) is 21.2. The maximum absolute atomic E-state index is 3.34. The van der Waals surface area contributed by atoms with Crippen molar-refractivity contribution in [2.24, 2.45) is 5.92 Å². The van der Waals surface area contributed by atoms with E-state index in [9.17, 15) is 0 Å². The summed E-state index contributed by atoms with van der Waals surface area (Å²) < 4.78 is 0. The van der Waals surface area contributed by atoms with Crippen molar-refractivity contribution in [3.63, 3.8) is 0 Å². The van der Waals surface area contributed by atoms with Gasteiger partial charge in [0.1, 0.15) is 0 Å². The van der Waals surface area contributed by atoms with E-state index < -0.39 is 0 Å². The maximum atomic E-state index is 3.34. The van der Waals surface area contributed by atoms with Crippen molar-refractivity contribution in [3.8, 4) is 0 Å². The fourth-order valence-corrected chi connectivity index (χ4v) is 0.722. The number of hydrogen-bond acceptors (Lipinski definition) is 2. The zero-order valence-corrected chi connectivity index (χ0v) is 13.1. The standard InChI is InChI=1S/C8H20N2.C4H10.C2H6/c1-7(2)9-5-6-10-8(3)4;1-4(2)3;1-2/h7-10H,5-6H2,1-4H3;4H,1-3H3;1-2H3. The molecule has 0 aromatic carbocycles. The summed E-state index contributed by atoms with van der Waals surface area (Å²) in [5.41, 5.74) is 0. The van der Waals surface area contributed by atoms with E-state index in [0.29, 0.717) is 12.1 Å². The molecular formula is C14H36N2. The Morgan fingerprint density at radius 1 is 0.625 bits per heavy atom. The third-order valence-corrected chi connectivity index (χ3v) is 1.23. The highest BCUT2D eigenvalue weighted by Crippen LogP contribution is 1.81. The molecule has 0 spiro atoms. The molecule has 2 heteroatoms. The Labute approximate surface area is 105 Å². The lowest BCUT2D eigenvalue weighted by molar-refractivity contribution is 0.525. The van der Waals surface area contributed by atoms with Crippen LogP contribution in [0.5, 0.6) is 0 Å². The summed E-state index contributed by atoms with van der Waals surface area (Å²) in [6.07, 6.45) is 0. The Hall–Kier alpha value is -0.0800. The van der Waals surface area contributed by atoms with Gasteiger partial charge >= 0.3 is 0 Å². The van der Waals surface area contributed by atoms with Gasteiger partial charge in [0, 0.05) is 25.2 Å². The topological polar surface area (TPSA) is 24.1 Å². The number of hydrogen-bond donors (Lipinski definition) is 2. The minimum atomic E-state index is 0.606. The van der Waals surface area contributed by atoms with Gasteiger partial charge in [-0.1, -0.05) is 62.3 Å². The highest BCUT2D eigenvalue weighted by Gasteiger charge is 1.92. The Bertz CT molecular complexity index is 86.2. The highest BCUT2D eigenvalue weighted by atomic mass is 15.0. The molecule has 0 aliphatic carbocycles. The zero-order valence-electron chi connectivity index (χ0n) is 13.1. The molecule has 0 amide bonds. The van der Waals surface area contributed by atoms with Crippen molar-refractivity contribution in [2.75, 3.05) is 13.1 Å². The Morgan fingerprint density at radius 2 is 0.812 bits per heavy atom. The molecule has 0 aromatic rings. The van der Waals surface area contributed by atoms with E-state index in [2.05, 4.69) is 59.1 Å². The van der Waals surface area contributed by atoms with Gasteiger partial charge in [-0.05, 0) is 5.92 Å². The molecule has 0 rings (SSSR count). The lowest BCUT2D eigenvalue weighted by Gasteiger charge is -2.10. The summed E-state index contributed by atoms with van der Waals surface area (Å²) in [4.78, 5) is 0. The molecule has 102 valence electrons. The molecule has 0 radical (unpaired) electrons. The monoisotopic (exact) mass is 232 g/mol. The molecule has 2 nitrogen and oxygen atoms in total. The van der Waals surface area contributed by atoms with Gasteiger partial charge in [-0.25, -0.2) is 0 Å². The van der Waals surface area contributed by atoms with Gasteiger partial charge in [0.05, 0.1) is 0 Å². The largest absolute Gasteiger partial charge is 0.313 e. The van der Waals surface area contributed by atoms with E-state index in [0.717, 1.165) is 19.0 Å². The van der Waals surface area contributed by atoms with Crippen molar-refractivity contribution in [3.05, 3.63) is 0 Å². The Kier molecular flexibility index (Phi) is 23.0. The fraction of sp³-hybridized carbons (Fsp3) is 1.00. The molecular weight excluding hydrogens is 196 g/mol. The molecule has 0 aliphatic heterocycles. The van der Waals surface area contributed by atoms with Crippen LogP contribution < -0.4 is 10.6 Å². The number of rotatable bonds is 5. The average Bonchev–Trinajstić information content (AvgIpc) is 2.14. The van der Waals surface area contributed by atoms with Crippen LogP contribution in [0.15, 0.2) is 0 Å². The fourth-order valence-electron chi connectivity index (χ4n) is 0.722. The van der Waals surface area contributed by atoms with Crippen LogP contribution in [-0.2, 0) is 0 Å². The van der Waals surface area contributed by atoms with E-state index >= 15 is 0 Å². The van der Waals surface area contributed by atoms with Crippen molar-refractivity contribution >= 4 is 0 Å². The van der Waals surface area contributed by atoms with Gasteiger partial charge in [0.15, 0.2) is 0 Å². The van der Waals surface area contributed by atoms with E-state index in [1.807, 2.05) is 13.8 Å². The van der Waals surface area contributed by atoms with Crippen molar-refractivity contribution < 1.29 is 0 Å². The van der Waals surface area contributed by atoms with Gasteiger partial charge in [0.25, 0.3) is 0 Å². The van der Waals surface area contributed by atoms with Crippen LogP contribution >= 0.6 is 0 Å². The Morgan fingerprint density at radius 3 is 0.938 bits per heavy atom. The van der Waals surface area contributed by atoms with Gasteiger partial charge in [-0.3, -0.25) is 0 Å². The molecule has 0 fully saturated rings. The second-order valence-electron chi connectivity index (χ2n) is 4.95. The highest BCUT2D eigenvalue weighted by molar-refractivity contribution is 4.57. The molecule has 16 heavy (non-hydrogen) atoms. The van der Waals surface area contributed by atoms with Crippen molar-refractivity contribution in [1.82, 2.24) is 10.6 Å². The number of nitrogens with one attached hydrogen (secondary N) is 2. The Balaban J connectivity index is -0.000000237. The van der Waals surface area contributed by atoms with Gasteiger partial charge in [-0.2, -0.15) is 0 Å². The van der Waals surface area contributed by atoms with Gasteiger partial charge < -0.3 is 10.6 Å². The third-order valence-electron chi connectivity index (χ3n) is 1.23. The summed E-state index contributed by atoms with van der Waals surface area (Å²) in [7, 11) is 0. The maximum Gasteiger partial charge on any atom is 0.00791 e. The van der Waals surface area contributed by atoms with Crippen molar-refractivity contribution in [1.29, 1.82) is 0 Å². The van der Waals surface area contributed by atoms with E-state index in [1.54, 1.807) is 0 Å². The minimum absolute atomic E-state index is 0.606. The molecule has 0 aromatic heterocycles. The molecule has 0 saturated carbocycles. The first-order valence-corrected chi connectivity index (χ1v) is 6.83. The molecule has 0 bridgehead atoms. The van der Waals surface area contributed by atoms with Crippen LogP contribution in [0.3, 0.4) is 0 Å². The second-order valence-corrected chi connectivity index (χ2v) is 4.95. The van der Waals surface area contributed by atoms with Crippen LogP contribution in [0, 0.1) is 5.92 Å². The van der Waals surface area contributed by atoms with Crippen LogP contribution in [-0.4, -0.2) is 25.2 Å². The van der Waals surface area contributed by atoms with Crippen LogP contribution in [0.2, 0.25) is 0 Å². The average molecular weight is 232 g/mol. The van der Waals surface area contributed by atoms with Gasteiger partial charge in [-0.15, -0.1) is 0 Å². The van der Waals surface area contributed by atoms with E-state index in [-0.39, 0.29) is 0 Å². The SMILES string of the molecule is CC.CC(C)C.CC(C)NCCNC(C)C. The van der Waals surface area contributed by atoms with E-state index in [1.165, 1.54) is 0 Å². The summed E-state index contributed by atoms with van der Waals surface area (Å²) in [6.45, 7) is 21.3. The van der Waals surface area contributed by atoms with Crippen molar-refractivity contribution in [2.45, 2.75) is 74.4 Å². The predicted molar refractivity (Wildman–Crippen MR) is 78.1 cm³/mol. The molecule has 0 heterocycles. The van der Waals surface area contributed by atoms with Gasteiger partial charge in [0.2, 0.25) is 0 Å². The zero-order chi connectivity index (χ0) is 13.6. The lowest BCUT2D eigenvalue weighted by atomic mass is 10.3. The van der Waals surface area contributed by atoms with E-state index in [4.69, 9.17) is 0 Å². The summed E-state index contributed by atoms with van der Waals surface area (Å²) >= 11 is 0. The second kappa shape index (κ2) is 17.3. The molecule has 0 saturated heterocycles. The summed E-state index contributed by atoms with van der Waals surface area (Å²) in [5, 5.41) is 6.68. The molecule has 0 unspecified atom stereocenters. The third kappa shape index (κ3) is 48.5. The van der Waals surface area contributed by atoms with Crippen LogP contribution in [0.25, 0.3) is 0 Å². The normalized spacial score (nSPS) is 9.75. The predicted octanol–water partition coefficient (Wildman–Crippen LogP) is 3.67. The lowest BCUT2D eigenvalue weighted by Crippen LogP contribution is -2.34. The van der Waals surface area contributed by atoms with Crippen LogP contribution in [0.1, 0.15) is 62.3 Å².